The largest absolute Gasteiger partial charge is 0.360 e. The zero-order chi connectivity index (χ0) is 14.7. The van der Waals surface area contributed by atoms with Gasteiger partial charge in [-0.05, 0) is 13.8 Å². The summed E-state index contributed by atoms with van der Waals surface area (Å²) in [5, 5.41) is 25.7. The molecule has 0 spiro atoms. The number of nitro groups is 1. The Bertz CT molecular complexity index is 646. The molecule has 10 heteroatoms. The number of aromatic amines is 1. The van der Waals surface area contributed by atoms with Gasteiger partial charge in [-0.3, -0.25) is 20.0 Å². The highest BCUT2D eigenvalue weighted by Gasteiger charge is 2.21. The first-order valence-corrected chi connectivity index (χ1v) is 5.63. The van der Waals surface area contributed by atoms with E-state index in [0.717, 1.165) is 0 Å². The van der Waals surface area contributed by atoms with Crippen LogP contribution in [0, 0.1) is 24.0 Å². The summed E-state index contributed by atoms with van der Waals surface area (Å²) in [6, 6.07) is 1.55. The number of hydrogen-bond donors (Lipinski definition) is 3. The first-order chi connectivity index (χ1) is 9.47. The summed E-state index contributed by atoms with van der Waals surface area (Å²) in [6.07, 6.45) is 0. The van der Waals surface area contributed by atoms with E-state index >= 15 is 0 Å². The van der Waals surface area contributed by atoms with Crippen molar-refractivity contribution in [2.24, 2.45) is 0 Å². The lowest BCUT2D eigenvalue weighted by atomic mass is 10.4. The fraction of sp³-hybridized carbons (Fsp3) is 0.300. The fourth-order valence-electron chi connectivity index (χ4n) is 1.55. The molecule has 0 fully saturated rings. The summed E-state index contributed by atoms with van der Waals surface area (Å²) in [6.45, 7) is 3.03. The van der Waals surface area contributed by atoms with Gasteiger partial charge in [0.1, 0.15) is 11.5 Å². The van der Waals surface area contributed by atoms with Crippen LogP contribution in [-0.4, -0.2) is 32.7 Å². The molecular formula is C10H12N6O4. The number of aromatic nitrogens is 3. The Kier molecular flexibility index (Phi) is 3.64. The average molecular weight is 280 g/mol. The summed E-state index contributed by atoms with van der Waals surface area (Å²) in [5.41, 5.74) is 0.125. The molecule has 0 aliphatic rings. The van der Waals surface area contributed by atoms with Crippen LogP contribution in [0.1, 0.15) is 11.5 Å². The molecule has 2 heterocycles. The Balaban J connectivity index is 1.95. The van der Waals surface area contributed by atoms with E-state index in [1.807, 2.05) is 0 Å². The number of nitrogens with one attached hydrogen (secondary N) is 3. The van der Waals surface area contributed by atoms with Gasteiger partial charge in [0, 0.05) is 6.07 Å². The van der Waals surface area contributed by atoms with E-state index in [2.05, 4.69) is 26.0 Å². The second-order valence-electron chi connectivity index (χ2n) is 4.03. The lowest BCUT2D eigenvalue weighted by molar-refractivity contribution is -0.384. The summed E-state index contributed by atoms with van der Waals surface area (Å²) >= 11 is 0. The number of rotatable bonds is 5. The predicted molar refractivity (Wildman–Crippen MR) is 68.3 cm³/mol. The minimum Gasteiger partial charge on any atom is -0.360 e. The maximum Gasteiger partial charge on any atom is 0.333 e. The predicted octanol–water partition coefficient (Wildman–Crippen LogP) is 0.973. The van der Waals surface area contributed by atoms with Crippen molar-refractivity contribution in [3.05, 3.63) is 27.6 Å². The van der Waals surface area contributed by atoms with Gasteiger partial charge in [0.2, 0.25) is 11.7 Å². The normalized spacial score (nSPS) is 10.3. The number of carbonyl (C=O) groups is 1. The van der Waals surface area contributed by atoms with Crippen LogP contribution in [0.3, 0.4) is 0 Å². The van der Waals surface area contributed by atoms with Crippen molar-refractivity contribution in [2.75, 3.05) is 17.2 Å². The Morgan fingerprint density at radius 1 is 1.55 bits per heavy atom. The van der Waals surface area contributed by atoms with E-state index in [1.165, 1.54) is 6.92 Å². The molecule has 3 N–H and O–H groups in total. The van der Waals surface area contributed by atoms with Crippen LogP contribution in [0.2, 0.25) is 0 Å². The highest BCUT2D eigenvalue weighted by molar-refractivity contribution is 5.93. The Labute approximate surface area is 112 Å². The number of carbonyl (C=O) groups excluding carboxylic acids is 1. The molecule has 2 rings (SSSR count). The zero-order valence-electron chi connectivity index (χ0n) is 10.8. The molecule has 0 bridgehead atoms. The molecule has 0 aliphatic carbocycles. The van der Waals surface area contributed by atoms with E-state index < -0.39 is 10.8 Å². The third-order valence-electron chi connectivity index (χ3n) is 2.41. The lowest BCUT2D eigenvalue weighted by Gasteiger charge is -2.02. The second kappa shape index (κ2) is 5.38. The van der Waals surface area contributed by atoms with E-state index in [-0.39, 0.29) is 23.9 Å². The zero-order valence-corrected chi connectivity index (χ0v) is 10.8. The number of H-pyrrole nitrogens is 1. The smallest absolute Gasteiger partial charge is 0.333 e. The number of anilines is 2. The van der Waals surface area contributed by atoms with Crippen LogP contribution in [0.4, 0.5) is 17.3 Å². The van der Waals surface area contributed by atoms with Crippen molar-refractivity contribution in [1.82, 2.24) is 15.4 Å². The quantitative estimate of drug-likeness (QED) is 0.547. The summed E-state index contributed by atoms with van der Waals surface area (Å²) in [4.78, 5) is 21.9. The molecule has 0 saturated carbocycles. The van der Waals surface area contributed by atoms with Crippen LogP contribution in [-0.2, 0) is 4.79 Å². The highest BCUT2D eigenvalue weighted by atomic mass is 16.6. The molecule has 0 unspecified atom stereocenters. The van der Waals surface area contributed by atoms with Gasteiger partial charge in [-0.1, -0.05) is 5.16 Å². The van der Waals surface area contributed by atoms with Crippen molar-refractivity contribution in [3.63, 3.8) is 0 Å². The van der Waals surface area contributed by atoms with Gasteiger partial charge in [-0.2, -0.15) is 5.10 Å². The molecule has 10 nitrogen and oxygen atoms in total. The minimum atomic E-state index is -0.569. The van der Waals surface area contributed by atoms with Crippen LogP contribution in [0.25, 0.3) is 0 Å². The maximum atomic E-state index is 11.6. The highest BCUT2D eigenvalue weighted by Crippen LogP contribution is 2.24. The molecule has 0 aliphatic heterocycles. The molecule has 2 aromatic rings. The SMILES string of the molecule is Cc1cc(NC(=O)CNc2n[nH]c(C)c2[N+](=O)[O-])no1. The summed E-state index contributed by atoms with van der Waals surface area (Å²) in [7, 11) is 0. The summed E-state index contributed by atoms with van der Waals surface area (Å²) in [5.74, 6) is 0.432. The molecule has 106 valence electrons. The maximum absolute atomic E-state index is 11.6. The number of aryl methyl sites for hydroxylation is 2. The molecule has 0 aromatic carbocycles. The lowest BCUT2D eigenvalue weighted by Crippen LogP contribution is -2.22. The van der Waals surface area contributed by atoms with Crippen molar-refractivity contribution >= 4 is 23.2 Å². The summed E-state index contributed by atoms with van der Waals surface area (Å²) < 4.78 is 4.79. The molecular weight excluding hydrogens is 268 g/mol. The minimum absolute atomic E-state index is 0.0129. The third-order valence-corrected chi connectivity index (χ3v) is 2.41. The van der Waals surface area contributed by atoms with Crippen molar-refractivity contribution in [3.8, 4) is 0 Å². The van der Waals surface area contributed by atoms with Crippen molar-refractivity contribution in [2.45, 2.75) is 13.8 Å². The van der Waals surface area contributed by atoms with Gasteiger partial charge in [-0.25, -0.2) is 0 Å². The first kappa shape index (κ1) is 13.5. The molecule has 0 radical (unpaired) electrons. The van der Waals surface area contributed by atoms with Gasteiger partial charge in [0.25, 0.3) is 0 Å². The number of amides is 1. The first-order valence-electron chi connectivity index (χ1n) is 5.63. The van der Waals surface area contributed by atoms with Gasteiger partial charge < -0.3 is 15.2 Å². The molecule has 0 saturated heterocycles. The topological polar surface area (TPSA) is 139 Å². The molecule has 2 aromatic heterocycles. The molecule has 1 amide bonds. The van der Waals surface area contributed by atoms with Crippen LogP contribution < -0.4 is 10.6 Å². The monoisotopic (exact) mass is 280 g/mol. The van der Waals surface area contributed by atoms with E-state index in [0.29, 0.717) is 11.5 Å². The number of nitrogens with zero attached hydrogens (tertiary/aromatic N) is 3. The van der Waals surface area contributed by atoms with Crippen molar-refractivity contribution < 1.29 is 14.2 Å². The molecule has 0 atom stereocenters. The molecule has 20 heavy (non-hydrogen) atoms. The van der Waals surface area contributed by atoms with E-state index in [9.17, 15) is 14.9 Å². The Morgan fingerprint density at radius 2 is 2.30 bits per heavy atom. The Hall–Kier alpha value is -2.91. The average Bonchev–Trinajstić information content (AvgIpc) is 2.93. The van der Waals surface area contributed by atoms with E-state index in [4.69, 9.17) is 4.52 Å². The third kappa shape index (κ3) is 2.91. The standard InChI is InChI=1S/C10H12N6O4/c1-5-3-7(15-20-5)12-8(17)4-11-10-9(16(18)19)6(2)13-14-10/h3H,4H2,1-2H3,(H2,11,13,14)(H,12,15,17). The van der Waals surface area contributed by atoms with Gasteiger partial charge in [0.05, 0.1) is 11.5 Å². The number of hydrogen-bond acceptors (Lipinski definition) is 7. The van der Waals surface area contributed by atoms with Crippen LogP contribution >= 0.6 is 0 Å². The Morgan fingerprint density at radius 3 is 2.90 bits per heavy atom. The van der Waals surface area contributed by atoms with Gasteiger partial charge in [-0.15, -0.1) is 0 Å². The van der Waals surface area contributed by atoms with Crippen LogP contribution in [0.15, 0.2) is 10.6 Å². The second-order valence-corrected chi connectivity index (χ2v) is 4.03. The van der Waals surface area contributed by atoms with Gasteiger partial charge >= 0.3 is 5.69 Å². The van der Waals surface area contributed by atoms with Gasteiger partial charge in [0.15, 0.2) is 5.82 Å². The van der Waals surface area contributed by atoms with E-state index in [1.54, 1.807) is 13.0 Å². The fourth-order valence-corrected chi connectivity index (χ4v) is 1.55. The van der Waals surface area contributed by atoms with Crippen molar-refractivity contribution in [1.29, 1.82) is 0 Å². The van der Waals surface area contributed by atoms with Crippen LogP contribution in [0.5, 0.6) is 0 Å².